The van der Waals surface area contributed by atoms with Crippen molar-refractivity contribution < 1.29 is 14.3 Å². The largest absolute Gasteiger partial charge is 0.469 e. The van der Waals surface area contributed by atoms with E-state index in [4.69, 9.17) is 5.73 Å². The molecule has 0 aliphatic carbocycles. The Hall–Kier alpha value is -3.09. The lowest BCUT2D eigenvalue weighted by atomic mass is 10.1. The summed E-state index contributed by atoms with van der Waals surface area (Å²) in [6.45, 7) is 0.163. The molecule has 3 N–H and O–H groups in total. The fourth-order valence-electron chi connectivity index (χ4n) is 2.22. The molecule has 1 amide bonds. The number of anilines is 3. The molecule has 7 nitrogen and oxygen atoms in total. The Morgan fingerprint density at radius 1 is 1.29 bits per heavy atom. The summed E-state index contributed by atoms with van der Waals surface area (Å²) in [7, 11) is 3.07. The predicted molar refractivity (Wildman–Crippen MR) is 92.9 cm³/mol. The number of nitrogen functional groups attached to an aromatic ring is 1. The molecular weight excluding hydrogens is 308 g/mol. The summed E-state index contributed by atoms with van der Waals surface area (Å²) in [5.41, 5.74) is 7.56. The normalized spacial score (nSPS) is 10.1. The van der Waals surface area contributed by atoms with Gasteiger partial charge in [-0.05, 0) is 30.3 Å². The summed E-state index contributed by atoms with van der Waals surface area (Å²) in [5, 5.41) is 2.95. The number of aromatic nitrogens is 1. The first-order chi connectivity index (χ1) is 11.6. The third-order valence-corrected chi connectivity index (χ3v) is 3.51. The quantitative estimate of drug-likeness (QED) is 0.621. The van der Waals surface area contributed by atoms with Gasteiger partial charge in [-0.15, -0.1) is 0 Å². The molecule has 0 bridgehead atoms. The number of carbonyl (C=O) groups excluding carboxylic acids is 2. The molecule has 0 aliphatic rings. The molecular formula is C17H20N4O3. The molecule has 0 atom stereocenters. The molecule has 1 aromatic heterocycles. The molecule has 0 fully saturated rings. The lowest BCUT2D eigenvalue weighted by Crippen LogP contribution is -2.34. The lowest BCUT2D eigenvalue weighted by Gasteiger charge is -2.21. The van der Waals surface area contributed by atoms with Crippen molar-refractivity contribution in [1.82, 2.24) is 4.98 Å². The number of nitrogens with zero attached hydrogens (tertiary/aromatic N) is 2. The highest BCUT2D eigenvalue weighted by molar-refractivity contribution is 6.06. The van der Waals surface area contributed by atoms with Crippen molar-refractivity contribution in [2.24, 2.45) is 0 Å². The third-order valence-electron chi connectivity index (χ3n) is 3.51. The first-order valence-electron chi connectivity index (χ1n) is 7.43. The Balaban J connectivity index is 2.30. The van der Waals surface area contributed by atoms with E-state index in [0.717, 1.165) is 5.69 Å². The average molecular weight is 328 g/mol. The van der Waals surface area contributed by atoms with Crippen LogP contribution in [0.1, 0.15) is 16.8 Å². The minimum absolute atomic E-state index is 0.0723. The number of hydrogen-bond acceptors (Lipinski definition) is 6. The van der Waals surface area contributed by atoms with Gasteiger partial charge in [-0.25, -0.2) is 4.98 Å². The maximum Gasteiger partial charge on any atom is 0.307 e. The number of pyridine rings is 1. The standard InChI is InChI=1S/C17H20N4O3/c1-19-14-7-6-12(11-13(14)18)17(23)21(10-8-16(22)24-2)15-5-3-4-9-20-15/h3-7,9,11,19H,8,10,18H2,1-2H3. The van der Waals surface area contributed by atoms with Crippen LogP contribution in [0.3, 0.4) is 0 Å². The van der Waals surface area contributed by atoms with Crippen LogP contribution in [0.15, 0.2) is 42.6 Å². The smallest absolute Gasteiger partial charge is 0.307 e. The highest BCUT2D eigenvalue weighted by Crippen LogP contribution is 2.22. The number of esters is 1. The molecule has 2 aromatic rings. The second kappa shape index (κ2) is 7.96. The highest BCUT2D eigenvalue weighted by atomic mass is 16.5. The van der Waals surface area contributed by atoms with E-state index in [1.54, 1.807) is 49.6 Å². The van der Waals surface area contributed by atoms with E-state index < -0.39 is 5.97 Å². The Morgan fingerprint density at radius 3 is 2.67 bits per heavy atom. The molecule has 0 radical (unpaired) electrons. The summed E-state index contributed by atoms with van der Waals surface area (Å²) in [5.74, 6) is -0.219. The number of nitrogens with two attached hydrogens (primary N) is 1. The number of hydrogen-bond donors (Lipinski definition) is 2. The SMILES string of the molecule is CNc1ccc(C(=O)N(CCC(=O)OC)c2ccccn2)cc1N. The van der Waals surface area contributed by atoms with Crippen LogP contribution in [0.2, 0.25) is 0 Å². The van der Waals surface area contributed by atoms with Gasteiger partial charge < -0.3 is 15.8 Å². The van der Waals surface area contributed by atoms with E-state index in [1.807, 2.05) is 0 Å². The van der Waals surface area contributed by atoms with Crippen molar-refractivity contribution in [2.75, 3.05) is 36.7 Å². The Kier molecular flexibility index (Phi) is 5.73. The van der Waals surface area contributed by atoms with Crippen molar-refractivity contribution in [3.05, 3.63) is 48.2 Å². The van der Waals surface area contributed by atoms with Crippen LogP contribution >= 0.6 is 0 Å². The van der Waals surface area contributed by atoms with E-state index in [-0.39, 0.29) is 18.9 Å². The first kappa shape index (κ1) is 17.3. The lowest BCUT2D eigenvalue weighted by molar-refractivity contribution is -0.140. The van der Waals surface area contributed by atoms with E-state index in [9.17, 15) is 9.59 Å². The zero-order chi connectivity index (χ0) is 17.5. The third kappa shape index (κ3) is 4.01. The second-order valence-electron chi connectivity index (χ2n) is 5.02. The molecule has 126 valence electrons. The van der Waals surface area contributed by atoms with E-state index >= 15 is 0 Å². The van der Waals surface area contributed by atoms with E-state index in [1.165, 1.54) is 12.0 Å². The summed E-state index contributed by atoms with van der Waals surface area (Å²) >= 11 is 0. The van der Waals surface area contributed by atoms with E-state index in [2.05, 4.69) is 15.0 Å². The van der Waals surface area contributed by atoms with Crippen molar-refractivity contribution in [1.29, 1.82) is 0 Å². The zero-order valence-corrected chi connectivity index (χ0v) is 13.7. The summed E-state index contributed by atoms with van der Waals surface area (Å²) in [6, 6.07) is 10.3. The summed E-state index contributed by atoms with van der Waals surface area (Å²) in [4.78, 5) is 29.9. The fourth-order valence-corrected chi connectivity index (χ4v) is 2.22. The van der Waals surface area contributed by atoms with Crippen LogP contribution in [0, 0.1) is 0 Å². The number of methoxy groups -OCH3 is 1. The summed E-state index contributed by atoms with van der Waals surface area (Å²) in [6.07, 6.45) is 1.66. The number of carbonyl (C=O) groups is 2. The molecule has 2 rings (SSSR count). The molecule has 0 saturated carbocycles. The number of benzene rings is 1. The molecule has 0 spiro atoms. The van der Waals surface area contributed by atoms with Gasteiger partial charge in [0.1, 0.15) is 5.82 Å². The fraction of sp³-hybridized carbons (Fsp3) is 0.235. The Bertz CT molecular complexity index is 719. The van der Waals surface area contributed by atoms with Gasteiger partial charge in [0.2, 0.25) is 0 Å². The Morgan fingerprint density at radius 2 is 2.08 bits per heavy atom. The number of rotatable bonds is 6. The Labute approximate surface area is 140 Å². The topological polar surface area (TPSA) is 97.5 Å². The maximum atomic E-state index is 12.9. The van der Waals surface area contributed by atoms with Gasteiger partial charge >= 0.3 is 5.97 Å². The van der Waals surface area contributed by atoms with Crippen LogP contribution in [0.5, 0.6) is 0 Å². The average Bonchev–Trinajstić information content (AvgIpc) is 2.62. The first-order valence-corrected chi connectivity index (χ1v) is 7.43. The molecule has 0 saturated heterocycles. The van der Waals surface area contributed by atoms with Crippen LogP contribution < -0.4 is 16.0 Å². The van der Waals surface area contributed by atoms with Crippen LogP contribution in [0.4, 0.5) is 17.2 Å². The molecule has 1 heterocycles. The van der Waals surface area contributed by atoms with Gasteiger partial charge in [0.15, 0.2) is 0 Å². The molecule has 0 aliphatic heterocycles. The number of amides is 1. The van der Waals surface area contributed by atoms with Gasteiger partial charge in [0.05, 0.1) is 24.9 Å². The van der Waals surface area contributed by atoms with Gasteiger partial charge in [-0.2, -0.15) is 0 Å². The monoisotopic (exact) mass is 328 g/mol. The van der Waals surface area contributed by atoms with Crippen LogP contribution in [0.25, 0.3) is 0 Å². The highest BCUT2D eigenvalue weighted by Gasteiger charge is 2.20. The second-order valence-corrected chi connectivity index (χ2v) is 5.02. The van der Waals surface area contributed by atoms with E-state index in [0.29, 0.717) is 17.1 Å². The zero-order valence-electron chi connectivity index (χ0n) is 13.7. The van der Waals surface area contributed by atoms with Crippen molar-refractivity contribution >= 4 is 29.1 Å². The van der Waals surface area contributed by atoms with Crippen LogP contribution in [-0.2, 0) is 9.53 Å². The minimum Gasteiger partial charge on any atom is -0.469 e. The molecule has 0 unspecified atom stereocenters. The molecule has 1 aromatic carbocycles. The number of nitrogens with one attached hydrogen (secondary N) is 1. The van der Waals surface area contributed by atoms with Crippen LogP contribution in [-0.4, -0.2) is 37.6 Å². The van der Waals surface area contributed by atoms with Gasteiger partial charge in [-0.3, -0.25) is 14.5 Å². The maximum absolute atomic E-state index is 12.9. The summed E-state index contributed by atoms with van der Waals surface area (Å²) < 4.78 is 4.65. The van der Waals surface area contributed by atoms with Gasteiger partial charge in [0.25, 0.3) is 5.91 Å². The van der Waals surface area contributed by atoms with Gasteiger partial charge in [-0.1, -0.05) is 6.07 Å². The minimum atomic E-state index is -0.395. The van der Waals surface area contributed by atoms with Crippen molar-refractivity contribution in [3.63, 3.8) is 0 Å². The molecule has 7 heteroatoms. The number of ether oxygens (including phenoxy) is 1. The predicted octanol–water partition coefficient (Wildman–Crippen LogP) is 1.92. The van der Waals surface area contributed by atoms with Crippen molar-refractivity contribution in [3.8, 4) is 0 Å². The van der Waals surface area contributed by atoms with Gasteiger partial charge in [0, 0.05) is 25.4 Å². The van der Waals surface area contributed by atoms with Crippen molar-refractivity contribution in [2.45, 2.75) is 6.42 Å². The molecule has 24 heavy (non-hydrogen) atoms.